The molecule has 0 aliphatic carbocycles. The molecule has 20 heavy (non-hydrogen) atoms. The van der Waals surface area contributed by atoms with Gasteiger partial charge in [0.25, 0.3) is 11.6 Å². The summed E-state index contributed by atoms with van der Waals surface area (Å²) >= 11 is 3.21. The van der Waals surface area contributed by atoms with E-state index in [0.29, 0.717) is 10.2 Å². The topological polar surface area (TPSA) is 124 Å². The summed E-state index contributed by atoms with van der Waals surface area (Å²) in [6, 6.07) is 2.71. The molecule has 102 valence electrons. The van der Waals surface area contributed by atoms with Gasteiger partial charge in [-0.1, -0.05) is 0 Å². The molecule has 9 heteroatoms. The Morgan fingerprint density at radius 3 is 2.85 bits per heavy atom. The van der Waals surface area contributed by atoms with Gasteiger partial charge < -0.3 is 11.1 Å². The van der Waals surface area contributed by atoms with Crippen molar-refractivity contribution in [3.8, 4) is 0 Å². The molecule has 0 saturated carbocycles. The Kier molecular flexibility index (Phi) is 3.89. The van der Waals surface area contributed by atoms with Crippen molar-refractivity contribution in [2.45, 2.75) is 0 Å². The molecule has 8 nitrogen and oxygen atoms in total. The van der Waals surface area contributed by atoms with Crippen LogP contribution >= 0.6 is 15.9 Å². The predicted molar refractivity (Wildman–Crippen MR) is 75.2 cm³/mol. The van der Waals surface area contributed by atoms with Crippen molar-refractivity contribution in [2.24, 2.45) is 0 Å². The third kappa shape index (κ3) is 2.88. The smallest absolute Gasteiger partial charge is 0.300 e. The zero-order valence-corrected chi connectivity index (χ0v) is 11.5. The second kappa shape index (κ2) is 5.61. The number of nitrogens with zero attached hydrogens (tertiary/aromatic N) is 3. The van der Waals surface area contributed by atoms with E-state index >= 15 is 0 Å². The summed E-state index contributed by atoms with van der Waals surface area (Å²) in [4.78, 5) is 29.7. The molecule has 3 N–H and O–H groups in total. The molecule has 0 aliphatic rings. The van der Waals surface area contributed by atoms with Crippen LogP contribution in [0.4, 0.5) is 17.2 Å². The zero-order chi connectivity index (χ0) is 14.7. The molecule has 0 radical (unpaired) electrons. The lowest BCUT2D eigenvalue weighted by molar-refractivity contribution is -0.385. The minimum Gasteiger partial charge on any atom is -0.384 e. The normalized spacial score (nSPS) is 10.1. The van der Waals surface area contributed by atoms with E-state index in [1.54, 1.807) is 6.07 Å². The Hall–Kier alpha value is -2.55. The number of carbonyl (C=O) groups excluding carboxylic acids is 1. The van der Waals surface area contributed by atoms with Gasteiger partial charge in [-0.3, -0.25) is 19.9 Å². The first-order valence-corrected chi connectivity index (χ1v) is 6.09. The number of amides is 1. The van der Waals surface area contributed by atoms with Crippen molar-refractivity contribution < 1.29 is 9.72 Å². The van der Waals surface area contributed by atoms with Gasteiger partial charge in [0.15, 0.2) is 0 Å². The number of pyridine rings is 2. The number of nitro groups is 1. The standard InChI is InChI=1S/C11H8BrN5O3/c12-7-4-14-2-1-8(7)16-11(18)6-3-10(13)15-5-9(6)17(19)20/h1-5H,(H2,13,15)(H,14,16,18). The van der Waals surface area contributed by atoms with Gasteiger partial charge in [-0.2, -0.15) is 0 Å². The first-order chi connectivity index (χ1) is 9.49. The van der Waals surface area contributed by atoms with Crippen molar-refractivity contribution in [3.05, 3.63) is 50.9 Å². The second-order valence-corrected chi connectivity index (χ2v) is 4.55. The van der Waals surface area contributed by atoms with Crippen LogP contribution in [0.15, 0.2) is 35.2 Å². The van der Waals surface area contributed by atoms with Crippen molar-refractivity contribution in [1.29, 1.82) is 0 Å². The van der Waals surface area contributed by atoms with E-state index < -0.39 is 16.5 Å². The summed E-state index contributed by atoms with van der Waals surface area (Å²) in [6.45, 7) is 0. The summed E-state index contributed by atoms with van der Waals surface area (Å²) in [7, 11) is 0. The molecule has 0 fully saturated rings. The van der Waals surface area contributed by atoms with Gasteiger partial charge in [0.2, 0.25) is 0 Å². The van der Waals surface area contributed by atoms with Crippen LogP contribution in [0.2, 0.25) is 0 Å². The van der Waals surface area contributed by atoms with Crippen LogP contribution in [0.5, 0.6) is 0 Å². The molecule has 0 unspecified atom stereocenters. The van der Waals surface area contributed by atoms with E-state index in [4.69, 9.17) is 5.73 Å². The van der Waals surface area contributed by atoms with Crippen LogP contribution in [0, 0.1) is 10.1 Å². The van der Waals surface area contributed by atoms with Gasteiger partial charge in [0, 0.05) is 12.4 Å². The van der Waals surface area contributed by atoms with Crippen LogP contribution in [0.3, 0.4) is 0 Å². The average molecular weight is 338 g/mol. The van der Waals surface area contributed by atoms with Gasteiger partial charge in [-0.05, 0) is 28.1 Å². The lowest BCUT2D eigenvalue weighted by Crippen LogP contribution is -2.15. The van der Waals surface area contributed by atoms with Crippen LogP contribution in [-0.4, -0.2) is 20.8 Å². The molecule has 2 rings (SSSR count). The van der Waals surface area contributed by atoms with Gasteiger partial charge in [0.1, 0.15) is 17.6 Å². The lowest BCUT2D eigenvalue weighted by atomic mass is 10.2. The van der Waals surface area contributed by atoms with Gasteiger partial charge in [-0.25, -0.2) is 4.98 Å². The highest BCUT2D eigenvalue weighted by molar-refractivity contribution is 9.10. The average Bonchev–Trinajstić information content (AvgIpc) is 2.40. The Morgan fingerprint density at radius 1 is 1.45 bits per heavy atom. The maximum Gasteiger partial charge on any atom is 0.300 e. The molecule has 0 aromatic carbocycles. The zero-order valence-electron chi connectivity index (χ0n) is 9.91. The highest BCUT2D eigenvalue weighted by Crippen LogP contribution is 2.24. The first-order valence-electron chi connectivity index (χ1n) is 5.30. The number of halogens is 1. The molecule has 0 aliphatic heterocycles. The minimum atomic E-state index is -0.692. The van der Waals surface area contributed by atoms with E-state index in [1.807, 2.05) is 0 Å². The van der Waals surface area contributed by atoms with E-state index in [9.17, 15) is 14.9 Å². The number of carbonyl (C=O) groups is 1. The second-order valence-electron chi connectivity index (χ2n) is 3.69. The van der Waals surface area contributed by atoms with Crippen LogP contribution < -0.4 is 11.1 Å². The van der Waals surface area contributed by atoms with Crippen LogP contribution in [-0.2, 0) is 0 Å². The molecule has 0 saturated heterocycles. The lowest BCUT2D eigenvalue weighted by Gasteiger charge is -2.07. The van der Waals surface area contributed by atoms with Crippen molar-refractivity contribution in [1.82, 2.24) is 9.97 Å². The molecule has 2 heterocycles. The number of nitrogen functional groups attached to an aromatic ring is 1. The molecule has 0 atom stereocenters. The largest absolute Gasteiger partial charge is 0.384 e. The summed E-state index contributed by atoms with van der Waals surface area (Å²) in [5.74, 6) is -0.632. The highest BCUT2D eigenvalue weighted by Gasteiger charge is 2.21. The van der Waals surface area contributed by atoms with E-state index in [2.05, 4.69) is 31.2 Å². The van der Waals surface area contributed by atoms with Crippen LogP contribution in [0.1, 0.15) is 10.4 Å². The maximum absolute atomic E-state index is 12.1. The van der Waals surface area contributed by atoms with Crippen molar-refractivity contribution >= 4 is 39.0 Å². The third-order valence-electron chi connectivity index (χ3n) is 2.37. The van der Waals surface area contributed by atoms with Gasteiger partial charge >= 0.3 is 0 Å². The number of hydrogen-bond acceptors (Lipinski definition) is 6. The Bertz CT molecular complexity index is 692. The minimum absolute atomic E-state index is 0.0227. The van der Waals surface area contributed by atoms with E-state index in [1.165, 1.54) is 12.4 Å². The molecule has 1 amide bonds. The molecular formula is C11H8BrN5O3. The summed E-state index contributed by atoms with van der Waals surface area (Å²) in [5.41, 5.74) is 5.32. The van der Waals surface area contributed by atoms with Crippen molar-refractivity contribution in [3.63, 3.8) is 0 Å². The predicted octanol–water partition coefficient (Wildman–Crippen LogP) is 1.98. The van der Waals surface area contributed by atoms with Gasteiger partial charge in [-0.15, -0.1) is 0 Å². The van der Waals surface area contributed by atoms with E-state index in [0.717, 1.165) is 12.3 Å². The SMILES string of the molecule is Nc1cc(C(=O)Nc2ccncc2Br)c([N+](=O)[O-])cn1. The first kappa shape index (κ1) is 13.9. The number of aromatic nitrogens is 2. The fourth-order valence-corrected chi connectivity index (χ4v) is 1.81. The maximum atomic E-state index is 12.1. The Balaban J connectivity index is 2.37. The van der Waals surface area contributed by atoms with Gasteiger partial charge in [0.05, 0.1) is 15.1 Å². The number of anilines is 2. The highest BCUT2D eigenvalue weighted by atomic mass is 79.9. The number of nitrogens with one attached hydrogen (secondary N) is 1. The molecule has 0 bridgehead atoms. The fraction of sp³-hybridized carbons (Fsp3) is 0. The summed E-state index contributed by atoms with van der Waals surface area (Å²) < 4.78 is 0.554. The van der Waals surface area contributed by atoms with Crippen LogP contribution in [0.25, 0.3) is 0 Å². The fourth-order valence-electron chi connectivity index (χ4n) is 1.46. The van der Waals surface area contributed by atoms with Crippen molar-refractivity contribution in [2.75, 3.05) is 11.1 Å². The quantitative estimate of drug-likeness (QED) is 0.651. The molecular weight excluding hydrogens is 330 g/mol. The summed E-state index contributed by atoms with van der Waals surface area (Å²) in [6.07, 6.45) is 3.92. The Morgan fingerprint density at radius 2 is 2.20 bits per heavy atom. The third-order valence-corrected chi connectivity index (χ3v) is 3.00. The van der Waals surface area contributed by atoms with E-state index in [-0.39, 0.29) is 11.4 Å². The molecule has 2 aromatic heterocycles. The number of rotatable bonds is 3. The molecule has 0 spiro atoms. The number of nitrogens with two attached hydrogens (primary N) is 1. The molecule has 2 aromatic rings. The number of hydrogen-bond donors (Lipinski definition) is 2. The Labute approximate surface area is 121 Å². The summed E-state index contributed by atoms with van der Waals surface area (Å²) in [5, 5.41) is 13.4. The monoisotopic (exact) mass is 337 g/mol.